The van der Waals surface area contributed by atoms with Crippen LogP contribution in [0.25, 0.3) is 181 Å². The van der Waals surface area contributed by atoms with E-state index >= 15 is 0 Å². The van der Waals surface area contributed by atoms with Gasteiger partial charge in [0, 0.05) is 103 Å². The average Bonchev–Trinajstić information content (AvgIpc) is 1.68. The van der Waals surface area contributed by atoms with Crippen molar-refractivity contribution >= 4 is 238 Å². The number of benzene rings is 19. The maximum absolute atomic E-state index is 6.90. The molecule has 0 radical (unpaired) electrons. The van der Waals surface area contributed by atoms with Crippen molar-refractivity contribution in [2.75, 3.05) is 14.7 Å². The van der Waals surface area contributed by atoms with Gasteiger partial charge in [0.25, 0.3) is 0 Å². The van der Waals surface area contributed by atoms with E-state index in [-0.39, 0.29) is 5.54 Å². The second kappa shape index (κ2) is 34.7. The van der Waals surface area contributed by atoms with Crippen LogP contribution in [0.2, 0.25) is 0 Å². The van der Waals surface area contributed by atoms with E-state index in [4.69, 9.17) is 13.3 Å². The van der Waals surface area contributed by atoms with Crippen LogP contribution in [0.3, 0.4) is 0 Å². The average molecular weight is 1960 g/mol. The quantitative estimate of drug-likeness (QED) is 0.107. The largest absolute Gasteiger partial charge is 0.454 e. The summed E-state index contributed by atoms with van der Waals surface area (Å²) in [6.45, 7) is 0. The maximum atomic E-state index is 6.90. The Bertz CT molecular complexity index is 9410. The number of furan rings is 3. The number of rotatable bonds is 13. The van der Waals surface area contributed by atoms with Crippen molar-refractivity contribution in [1.29, 1.82) is 0 Å². The molecule has 9 heteroatoms. The first-order chi connectivity index (χ1) is 72.7. The van der Waals surface area contributed by atoms with Gasteiger partial charge in [-0.25, -0.2) is 0 Å². The Morgan fingerprint density at radius 1 is 0.245 bits per heavy atom. The molecule has 716 valence electrons. The molecule has 0 N–H and O–H groups in total. The molecule has 147 heavy (non-hydrogen) atoms. The van der Waals surface area contributed by atoms with Gasteiger partial charge in [0.15, 0.2) is 16.7 Å². The molecule has 6 nitrogen and oxygen atoms in total. The van der Waals surface area contributed by atoms with Crippen LogP contribution in [0.4, 0.5) is 34.1 Å². The number of thiophene rings is 3. The molecule has 10 fully saturated rings. The van der Waals surface area contributed by atoms with Crippen molar-refractivity contribution in [3.8, 4) is 11.1 Å². The zero-order chi connectivity index (χ0) is 96.3. The lowest BCUT2D eigenvalue weighted by atomic mass is 9.48. The van der Waals surface area contributed by atoms with Gasteiger partial charge >= 0.3 is 0 Å². The normalized spacial score (nSPS) is 22.6. The van der Waals surface area contributed by atoms with Gasteiger partial charge in [-0.3, -0.25) is 0 Å². The Labute approximate surface area is 867 Å². The zero-order valence-corrected chi connectivity index (χ0v) is 85.0. The molecule has 0 spiro atoms. The van der Waals surface area contributed by atoms with Crippen LogP contribution in [0.1, 0.15) is 157 Å². The molecule has 0 amide bonds. The molecule has 6 heterocycles. The Hall–Kier alpha value is -14.3. The van der Waals surface area contributed by atoms with Gasteiger partial charge in [0.1, 0.15) is 16.7 Å². The Morgan fingerprint density at radius 3 is 1.13 bits per heavy atom. The van der Waals surface area contributed by atoms with Crippen LogP contribution in [0, 0.1) is 35.5 Å². The molecule has 0 saturated heterocycles. The summed E-state index contributed by atoms with van der Waals surface area (Å²) in [5, 5.41) is 25.5. The van der Waals surface area contributed by atoms with E-state index in [1.807, 2.05) is 34.0 Å². The number of nitrogens with zero attached hydrogens (tertiary/aromatic N) is 3. The number of hydrogen-bond acceptors (Lipinski definition) is 9. The number of hydrogen-bond donors (Lipinski definition) is 0. The summed E-state index contributed by atoms with van der Waals surface area (Å²) < 4.78 is 28.2. The highest BCUT2D eigenvalue weighted by atomic mass is 32.1. The first kappa shape index (κ1) is 86.9. The molecular weight excluding hydrogens is 1840 g/mol. The molecule has 6 aromatic heterocycles. The zero-order valence-electron chi connectivity index (χ0n) is 82.6. The summed E-state index contributed by atoms with van der Waals surface area (Å²) in [6.07, 6.45) is 26.6. The van der Waals surface area contributed by atoms with Crippen LogP contribution in [0.15, 0.2) is 395 Å². The minimum Gasteiger partial charge on any atom is -0.454 e. The third kappa shape index (κ3) is 14.3. The van der Waals surface area contributed by atoms with Gasteiger partial charge in [0.05, 0.1) is 47.3 Å². The van der Waals surface area contributed by atoms with Crippen LogP contribution < -0.4 is 14.7 Å². The predicted molar refractivity (Wildman–Crippen MR) is 625 cm³/mol. The van der Waals surface area contributed by atoms with Crippen molar-refractivity contribution in [3.63, 3.8) is 0 Å². The van der Waals surface area contributed by atoms with E-state index in [9.17, 15) is 0 Å². The van der Waals surface area contributed by atoms with Gasteiger partial charge in [-0.2, -0.15) is 0 Å². The van der Waals surface area contributed by atoms with Crippen LogP contribution >= 0.6 is 34.0 Å². The van der Waals surface area contributed by atoms with Gasteiger partial charge in [-0.05, 0) is 332 Å². The topological polar surface area (TPSA) is 49.1 Å². The van der Waals surface area contributed by atoms with Crippen molar-refractivity contribution in [3.05, 3.63) is 399 Å². The standard InChI is InChI=1S/C54H41NOS.C42H33NOS.C42H39NOS/c1-2-12-39-36(10-1)11-9-17-40(39)42-24-25-47(43-14-4-3-13-41(42)43)55(38-22-20-37(21-23-38)54-30-33-26-34(31-54)28-35(27-33)32-54)48-29-46-44-15-6-8-19-50(44)57-53(46)52-51(48)45-16-5-7-18-49(45)56-52;1-2-8-31-28(7-1)13-14-29-20-30(15-16-32(29)31)43(42-22-25-17-26(23-42)19-27(18-25)24-42)36-21-35-33-9-4-6-12-38(33)45-41(35)40-39(36)34-10-3-5-11-37(34)44-40;1-3-11-28(12-4-1)30-19-23-32(24-20-30)43(33-25-21-31(22-26-33)29-13-5-2-6-14-29)37-27-36-34-15-8-10-18-39(34)45-42(36)41-40(37)35-16-7-9-17-38(35)44-41/h1-25,29,33-35H,26-28,30-32H2;1-16,20-21,25-27H,17-19,22-24H2;1-18,27,30-33H,19-26H2. The Kier molecular flexibility index (Phi) is 20.5. The van der Waals surface area contributed by atoms with E-state index in [0.717, 1.165) is 85.5 Å². The smallest absolute Gasteiger partial charge is 0.155 e. The van der Waals surface area contributed by atoms with Crippen LogP contribution in [-0.4, -0.2) is 17.6 Å². The molecule has 10 aliphatic carbocycles. The molecule has 25 aromatic rings. The molecule has 0 atom stereocenters. The summed E-state index contributed by atoms with van der Waals surface area (Å²) in [7, 11) is 0. The Balaban J connectivity index is 0.000000101. The molecular formula is C138H113N3O3S3. The number of para-hydroxylation sites is 3. The van der Waals surface area contributed by atoms with Gasteiger partial charge in [-0.1, -0.05) is 297 Å². The number of fused-ring (bicyclic) bond motifs is 26. The van der Waals surface area contributed by atoms with Crippen molar-refractivity contribution in [2.24, 2.45) is 35.5 Å². The fourth-order valence-corrected chi connectivity index (χ4v) is 34.9. The molecule has 19 aromatic carbocycles. The second-order valence-electron chi connectivity index (χ2n) is 45.2. The second-order valence-corrected chi connectivity index (χ2v) is 48.4. The summed E-state index contributed by atoms with van der Waals surface area (Å²) >= 11 is 5.59. The fraction of sp³-hybridized carbons (Fsp3) is 0.232. The van der Waals surface area contributed by atoms with Crippen molar-refractivity contribution in [1.82, 2.24) is 0 Å². The molecule has 0 unspecified atom stereocenters. The lowest BCUT2D eigenvalue weighted by molar-refractivity contribution is -0.00518. The van der Waals surface area contributed by atoms with E-state index in [2.05, 4.69) is 397 Å². The van der Waals surface area contributed by atoms with E-state index in [1.54, 1.807) is 5.56 Å². The first-order valence-electron chi connectivity index (χ1n) is 54.5. The fourth-order valence-electron chi connectivity index (χ4n) is 31.4. The highest BCUT2D eigenvalue weighted by Crippen LogP contribution is 2.65. The lowest BCUT2D eigenvalue weighted by Crippen LogP contribution is -2.58. The van der Waals surface area contributed by atoms with Crippen molar-refractivity contribution < 1.29 is 13.3 Å². The SMILES string of the molecule is c1ccc(C2CCC(N(c3cc4c5ccccc5sc4c4oc5ccccc5c34)C3CCC(c4ccccc4)CC3)CC2)cc1.c1ccc2c(-c3ccc(N(c4ccc(C56CC7CC(CC(C7)C5)C6)cc4)c4cc5c6ccccc6sc5c5oc6ccccc6c45)c4ccccc34)cccc2c1.c1ccc2c(c1)ccc1cc(N(c3cc4c5ccccc5sc4c4oc5ccccc5c34)C34CC5CC(CC(C5)C3)C4)ccc12. The van der Waals surface area contributed by atoms with Gasteiger partial charge in [0.2, 0.25) is 0 Å². The summed E-state index contributed by atoms with van der Waals surface area (Å²) in [6, 6.07) is 144. The van der Waals surface area contributed by atoms with E-state index < -0.39 is 0 Å². The molecule has 8 bridgehead atoms. The lowest BCUT2D eigenvalue weighted by Gasteiger charge is -2.61. The third-order valence-electron chi connectivity index (χ3n) is 36.9. The minimum atomic E-state index is 0.115. The highest BCUT2D eigenvalue weighted by molar-refractivity contribution is 7.27. The molecule has 10 aliphatic rings. The van der Waals surface area contributed by atoms with Crippen LogP contribution in [0.5, 0.6) is 0 Å². The molecule has 10 saturated carbocycles. The highest BCUT2D eigenvalue weighted by Gasteiger charge is 2.56. The molecule has 35 rings (SSSR count). The number of anilines is 6. The monoisotopic (exact) mass is 1960 g/mol. The predicted octanol–water partition coefficient (Wildman–Crippen LogP) is 40.4. The summed E-state index contributed by atoms with van der Waals surface area (Å²) in [5.74, 6) is 6.57. The summed E-state index contributed by atoms with van der Waals surface area (Å²) in [5.41, 5.74) is 21.1. The van der Waals surface area contributed by atoms with E-state index in [0.29, 0.717) is 29.3 Å². The van der Waals surface area contributed by atoms with E-state index in [1.165, 1.54) is 304 Å². The third-order valence-corrected chi connectivity index (χ3v) is 40.4. The molecule has 0 aliphatic heterocycles. The summed E-state index contributed by atoms with van der Waals surface area (Å²) in [4.78, 5) is 8.33. The van der Waals surface area contributed by atoms with Crippen molar-refractivity contribution in [2.45, 2.75) is 163 Å². The van der Waals surface area contributed by atoms with Gasteiger partial charge in [-0.15, -0.1) is 34.0 Å². The van der Waals surface area contributed by atoms with Crippen LogP contribution in [-0.2, 0) is 5.41 Å². The minimum absolute atomic E-state index is 0.115. The first-order valence-corrected chi connectivity index (χ1v) is 56.9. The van der Waals surface area contributed by atoms with Gasteiger partial charge < -0.3 is 28.0 Å². The maximum Gasteiger partial charge on any atom is 0.155 e. The Morgan fingerprint density at radius 2 is 0.619 bits per heavy atom.